The van der Waals surface area contributed by atoms with Crippen LogP contribution in [0.4, 0.5) is 0 Å². The minimum absolute atomic E-state index is 0.0413. The van der Waals surface area contributed by atoms with Crippen LogP contribution >= 0.6 is 0 Å². The summed E-state index contributed by atoms with van der Waals surface area (Å²) in [5.74, 6) is -0.0413. The zero-order valence-corrected chi connectivity index (χ0v) is 13.8. The van der Waals surface area contributed by atoms with E-state index in [1.54, 1.807) is 23.0 Å². The van der Waals surface area contributed by atoms with Crippen molar-refractivity contribution in [1.82, 2.24) is 15.0 Å². The van der Waals surface area contributed by atoms with Crippen molar-refractivity contribution in [3.8, 4) is 28.6 Å². The molecule has 0 radical (unpaired) electrons. The van der Waals surface area contributed by atoms with E-state index < -0.39 is 0 Å². The van der Waals surface area contributed by atoms with Crippen molar-refractivity contribution in [2.75, 3.05) is 0 Å². The number of nitriles is 1. The summed E-state index contributed by atoms with van der Waals surface area (Å²) in [7, 11) is 0. The van der Waals surface area contributed by atoms with Crippen LogP contribution in [-0.4, -0.2) is 20.1 Å². The molecule has 3 N–H and O–H groups in total. The van der Waals surface area contributed by atoms with Gasteiger partial charge in [-0.1, -0.05) is 30.3 Å². The summed E-state index contributed by atoms with van der Waals surface area (Å²) < 4.78 is 0. The number of para-hydroxylation sites is 1. The van der Waals surface area contributed by atoms with Gasteiger partial charge < -0.3 is 10.8 Å². The Kier molecular flexibility index (Phi) is 3.84. The second-order valence-corrected chi connectivity index (χ2v) is 5.84. The molecule has 0 atom stereocenters. The van der Waals surface area contributed by atoms with Crippen molar-refractivity contribution >= 4 is 11.0 Å². The van der Waals surface area contributed by atoms with Crippen LogP contribution in [-0.2, 0) is 6.54 Å². The largest absolute Gasteiger partial charge is 0.506 e. The molecule has 1 aromatic heterocycles. The van der Waals surface area contributed by atoms with E-state index in [4.69, 9.17) is 11.0 Å². The molecule has 0 saturated carbocycles. The van der Waals surface area contributed by atoms with E-state index in [1.807, 2.05) is 48.5 Å². The summed E-state index contributed by atoms with van der Waals surface area (Å²) >= 11 is 0. The molecule has 4 rings (SSSR count). The molecule has 0 aliphatic carbocycles. The number of phenolic OH excluding ortho intramolecular Hbond substituents is 1. The summed E-state index contributed by atoms with van der Waals surface area (Å²) in [6.45, 7) is 0.278. The monoisotopic (exact) mass is 341 g/mol. The molecular formula is C20H15N5O. The lowest BCUT2D eigenvalue weighted by molar-refractivity contribution is 0.475. The van der Waals surface area contributed by atoms with Gasteiger partial charge in [0, 0.05) is 12.1 Å². The quantitative estimate of drug-likeness (QED) is 0.596. The number of nitrogens with zero attached hydrogens (tertiary/aromatic N) is 4. The Hall–Kier alpha value is -3.69. The van der Waals surface area contributed by atoms with Crippen molar-refractivity contribution in [3.05, 3.63) is 71.8 Å². The van der Waals surface area contributed by atoms with Gasteiger partial charge in [0.1, 0.15) is 22.9 Å². The molecule has 0 aliphatic heterocycles. The number of rotatable bonds is 3. The van der Waals surface area contributed by atoms with Gasteiger partial charge >= 0.3 is 0 Å². The SMILES string of the molecule is N#Cc1cccc(-c2ccc(-n3nc4ccccc4n3)cc2CN)c1O. The average Bonchev–Trinajstić information content (AvgIpc) is 3.12. The normalized spacial score (nSPS) is 10.8. The number of hydrogen-bond acceptors (Lipinski definition) is 5. The lowest BCUT2D eigenvalue weighted by Crippen LogP contribution is -2.04. The number of fused-ring (bicyclic) bond motifs is 1. The zero-order chi connectivity index (χ0) is 18.1. The van der Waals surface area contributed by atoms with E-state index in [0.717, 1.165) is 27.8 Å². The fourth-order valence-electron chi connectivity index (χ4n) is 2.96. The van der Waals surface area contributed by atoms with Crippen molar-refractivity contribution in [1.29, 1.82) is 5.26 Å². The third-order valence-electron chi connectivity index (χ3n) is 4.27. The number of phenols is 1. The summed E-state index contributed by atoms with van der Waals surface area (Å²) in [4.78, 5) is 1.57. The van der Waals surface area contributed by atoms with Gasteiger partial charge in [-0.3, -0.25) is 0 Å². The minimum Gasteiger partial charge on any atom is -0.506 e. The number of hydrogen-bond donors (Lipinski definition) is 2. The molecule has 0 aliphatic rings. The molecule has 3 aromatic carbocycles. The molecule has 0 spiro atoms. The van der Waals surface area contributed by atoms with Crippen molar-refractivity contribution in [3.63, 3.8) is 0 Å². The molecule has 6 nitrogen and oxygen atoms in total. The number of nitrogens with two attached hydrogens (primary N) is 1. The highest BCUT2D eigenvalue weighted by atomic mass is 16.3. The van der Waals surface area contributed by atoms with Crippen molar-refractivity contribution in [2.45, 2.75) is 6.54 Å². The lowest BCUT2D eigenvalue weighted by Gasteiger charge is -2.12. The maximum atomic E-state index is 10.4. The molecule has 0 saturated heterocycles. The Labute approximate surface area is 149 Å². The number of aromatic hydroxyl groups is 1. The Morgan fingerprint density at radius 1 is 0.962 bits per heavy atom. The van der Waals surface area contributed by atoms with Gasteiger partial charge in [0.05, 0.1) is 11.3 Å². The second-order valence-electron chi connectivity index (χ2n) is 5.84. The first-order chi connectivity index (χ1) is 12.7. The van der Waals surface area contributed by atoms with Gasteiger partial charge in [-0.25, -0.2) is 0 Å². The van der Waals surface area contributed by atoms with Crippen molar-refractivity contribution < 1.29 is 5.11 Å². The Morgan fingerprint density at radius 3 is 2.35 bits per heavy atom. The van der Waals surface area contributed by atoms with Crippen LogP contribution in [0, 0.1) is 11.3 Å². The molecular weight excluding hydrogens is 326 g/mol. The minimum atomic E-state index is -0.0413. The highest BCUT2D eigenvalue weighted by molar-refractivity contribution is 5.77. The predicted molar refractivity (Wildman–Crippen MR) is 98.6 cm³/mol. The number of aromatic nitrogens is 3. The zero-order valence-electron chi connectivity index (χ0n) is 13.8. The topological polar surface area (TPSA) is 101 Å². The average molecular weight is 341 g/mol. The Morgan fingerprint density at radius 2 is 1.69 bits per heavy atom. The molecule has 6 heteroatoms. The van der Waals surface area contributed by atoms with Gasteiger partial charge in [-0.2, -0.15) is 10.1 Å². The van der Waals surface area contributed by atoms with Gasteiger partial charge in [0.15, 0.2) is 0 Å². The summed E-state index contributed by atoms with van der Waals surface area (Å²) in [5, 5.41) is 28.4. The van der Waals surface area contributed by atoms with Crippen LogP contribution in [0.1, 0.15) is 11.1 Å². The van der Waals surface area contributed by atoms with Gasteiger partial charge in [0.2, 0.25) is 0 Å². The fourth-order valence-corrected chi connectivity index (χ4v) is 2.96. The maximum Gasteiger partial charge on any atom is 0.141 e. The first-order valence-electron chi connectivity index (χ1n) is 8.09. The van der Waals surface area contributed by atoms with Crippen LogP contribution in [0.2, 0.25) is 0 Å². The smallest absolute Gasteiger partial charge is 0.141 e. The first-order valence-corrected chi connectivity index (χ1v) is 8.09. The van der Waals surface area contributed by atoms with Gasteiger partial charge in [-0.05, 0) is 41.5 Å². The van der Waals surface area contributed by atoms with Gasteiger partial charge in [0.25, 0.3) is 0 Å². The third kappa shape index (κ3) is 2.57. The molecule has 126 valence electrons. The molecule has 0 amide bonds. The number of benzene rings is 3. The molecule has 1 heterocycles. The highest BCUT2D eigenvalue weighted by Crippen LogP contribution is 2.34. The lowest BCUT2D eigenvalue weighted by atomic mass is 9.96. The predicted octanol–water partition coefficient (Wildman–Crippen LogP) is 3.12. The standard InChI is InChI=1S/C20H15N5O/c21-11-13-4-3-5-17(20(13)26)16-9-8-15(10-14(16)12-22)25-23-18-6-1-2-7-19(18)24-25/h1-10,26H,12,22H2. The molecule has 0 fully saturated rings. The van der Waals surface area contributed by atoms with Crippen molar-refractivity contribution in [2.24, 2.45) is 5.73 Å². The molecule has 26 heavy (non-hydrogen) atoms. The van der Waals surface area contributed by atoms with Crippen LogP contribution in [0.3, 0.4) is 0 Å². The summed E-state index contributed by atoms with van der Waals surface area (Å²) in [6.07, 6.45) is 0. The highest BCUT2D eigenvalue weighted by Gasteiger charge is 2.13. The van der Waals surface area contributed by atoms with E-state index in [-0.39, 0.29) is 17.9 Å². The molecule has 0 bridgehead atoms. The van der Waals surface area contributed by atoms with E-state index in [0.29, 0.717) is 5.56 Å². The van der Waals surface area contributed by atoms with Gasteiger partial charge in [-0.15, -0.1) is 10.2 Å². The molecule has 4 aromatic rings. The first kappa shape index (κ1) is 15.8. The van der Waals surface area contributed by atoms with Crippen LogP contribution in [0.15, 0.2) is 60.7 Å². The Bertz CT molecular complexity index is 1120. The maximum absolute atomic E-state index is 10.4. The third-order valence-corrected chi connectivity index (χ3v) is 4.27. The van der Waals surface area contributed by atoms with Crippen LogP contribution < -0.4 is 5.73 Å². The second kappa shape index (κ2) is 6.31. The summed E-state index contributed by atoms with van der Waals surface area (Å²) in [6, 6.07) is 20.3. The van der Waals surface area contributed by atoms with E-state index in [1.165, 1.54) is 0 Å². The van der Waals surface area contributed by atoms with E-state index >= 15 is 0 Å². The molecule has 0 unspecified atom stereocenters. The Balaban J connectivity index is 1.84. The van der Waals surface area contributed by atoms with E-state index in [9.17, 15) is 5.11 Å². The van der Waals surface area contributed by atoms with Crippen LogP contribution in [0.5, 0.6) is 5.75 Å². The van der Waals surface area contributed by atoms with E-state index in [2.05, 4.69) is 10.2 Å². The summed E-state index contributed by atoms with van der Waals surface area (Å²) in [5.41, 5.74) is 10.8. The van der Waals surface area contributed by atoms with Crippen LogP contribution in [0.25, 0.3) is 27.8 Å². The fraction of sp³-hybridized carbons (Fsp3) is 0.0500.